The Bertz CT molecular complexity index is 1380. The van der Waals surface area contributed by atoms with E-state index in [0.29, 0.717) is 40.2 Å². The molecule has 3 aromatic rings. The Balaban J connectivity index is 1.34. The normalized spacial score (nSPS) is 17.0. The topological polar surface area (TPSA) is 122 Å². The highest BCUT2D eigenvalue weighted by molar-refractivity contribution is 7.89. The number of anilines is 1. The molecule has 190 valence electrons. The van der Waals surface area contributed by atoms with Gasteiger partial charge in [0.15, 0.2) is 5.13 Å². The summed E-state index contributed by atoms with van der Waals surface area (Å²) < 4.78 is 33.3. The lowest BCUT2D eigenvalue weighted by Crippen LogP contribution is -2.48. The highest BCUT2D eigenvalue weighted by atomic mass is 32.2. The smallest absolute Gasteiger partial charge is 0.240 e. The highest BCUT2D eigenvalue weighted by Gasteiger charge is 2.26. The monoisotopic (exact) mass is 527 g/mol. The summed E-state index contributed by atoms with van der Waals surface area (Å²) in [6.45, 7) is 2.07. The number of fused-ring (bicyclic) bond motifs is 1. The van der Waals surface area contributed by atoms with Crippen molar-refractivity contribution in [1.29, 1.82) is 0 Å². The molecule has 36 heavy (non-hydrogen) atoms. The van der Waals surface area contributed by atoms with Crippen LogP contribution in [0.15, 0.2) is 52.9 Å². The Hall–Kier alpha value is -2.86. The number of hydrogen-bond acceptors (Lipinski definition) is 8. The fraction of sp³-hybridized carbons (Fsp3) is 0.400. The molecule has 1 aliphatic heterocycles. The van der Waals surface area contributed by atoms with E-state index in [1.165, 1.54) is 16.9 Å². The number of ether oxygens (including phenoxy) is 1. The van der Waals surface area contributed by atoms with Crippen LogP contribution in [0.4, 0.5) is 5.13 Å². The summed E-state index contributed by atoms with van der Waals surface area (Å²) in [7, 11) is -2.05. The number of aromatic nitrogens is 2. The van der Waals surface area contributed by atoms with E-state index >= 15 is 0 Å². The summed E-state index contributed by atoms with van der Waals surface area (Å²) in [5.74, 6) is 0.171. The number of hydrogen-bond donors (Lipinski definition) is 3. The number of allylic oxidation sites excluding steroid dienone is 2. The second-order valence-corrected chi connectivity index (χ2v) is 11.9. The Morgan fingerprint density at radius 3 is 2.67 bits per heavy atom. The minimum absolute atomic E-state index is 0.181. The number of nitrogens with one attached hydrogen (secondary N) is 3. The zero-order valence-electron chi connectivity index (χ0n) is 20.0. The minimum Gasteiger partial charge on any atom is -0.481 e. The summed E-state index contributed by atoms with van der Waals surface area (Å²) in [5, 5.41) is 6.56. The van der Waals surface area contributed by atoms with Gasteiger partial charge in [-0.1, -0.05) is 35.1 Å². The van der Waals surface area contributed by atoms with Crippen molar-refractivity contribution in [1.82, 2.24) is 20.0 Å². The molecule has 1 aliphatic carbocycles. The van der Waals surface area contributed by atoms with E-state index < -0.39 is 15.9 Å². The molecule has 1 atom stereocenters. The zero-order chi connectivity index (χ0) is 25.1. The molecule has 3 heterocycles. The van der Waals surface area contributed by atoms with Crippen LogP contribution in [0.1, 0.15) is 37.2 Å². The Morgan fingerprint density at radius 2 is 2.00 bits per heavy atom. The SMILES string of the molecule is COc1ccc2nc(NC(=O)C(CC3=CCCC3)c3ccc(S(=O)(=O)NCC4CNC4)cc3)sc2n1. The van der Waals surface area contributed by atoms with Gasteiger partial charge in [-0.3, -0.25) is 4.79 Å². The second kappa shape index (κ2) is 10.6. The molecule has 0 radical (unpaired) electrons. The predicted octanol–water partition coefficient (Wildman–Crippen LogP) is 3.42. The van der Waals surface area contributed by atoms with Gasteiger partial charge in [0.25, 0.3) is 0 Å². The van der Waals surface area contributed by atoms with Crippen molar-refractivity contribution in [2.75, 3.05) is 32.1 Å². The molecule has 0 spiro atoms. The maximum Gasteiger partial charge on any atom is 0.240 e. The van der Waals surface area contributed by atoms with Crippen LogP contribution in [-0.2, 0) is 14.8 Å². The second-order valence-electron chi connectivity index (χ2n) is 9.14. The molecule has 1 amide bonds. The van der Waals surface area contributed by atoms with E-state index in [4.69, 9.17) is 4.74 Å². The van der Waals surface area contributed by atoms with Gasteiger partial charge < -0.3 is 15.4 Å². The van der Waals surface area contributed by atoms with Crippen molar-refractivity contribution < 1.29 is 17.9 Å². The van der Waals surface area contributed by atoms with E-state index in [2.05, 4.69) is 31.4 Å². The van der Waals surface area contributed by atoms with Crippen LogP contribution < -0.4 is 20.1 Å². The van der Waals surface area contributed by atoms with Gasteiger partial charge in [0, 0.05) is 25.7 Å². The lowest BCUT2D eigenvalue weighted by atomic mass is 9.91. The molecule has 1 fully saturated rings. The first-order valence-electron chi connectivity index (χ1n) is 12.0. The Morgan fingerprint density at radius 1 is 1.19 bits per heavy atom. The molecule has 3 N–H and O–H groups in total. The van der Waals surface area contributed by atoms with Crippen LogP contribution in [-0.4, -0.2) is 51.0 Å². The predicted molar refractivity (Wildman–Crippen MR) is 140 cm³/mol. The molecule has 11 heteroatoms. The first-order valence-corrected chi connectivity index (χ1v) is 14.3. The minimum atomic E-state index is -3.60. The summed E-state index contributed by atoms with van der Waals surface area (Å²) in [4.78, 5) is 23.2. The van der Waals surface area contributed by atoms with Crippen molar-refractivity contribution >= 4 is 42.7 Å². The van der Waals surface area contributed by atoms with Crippen molar-refractivity contribution in [3.8, 4) is 5.88 Å². The summed E-state index contributed by atoms with van der Waals surface area (Å²) in [6.07, 6.45) is 5.87. The third kappa shape index (κ3) is 5.59. The number of benzene rings is 1. The van der Waals surface area contributed by atoms with Gasteiger partial charge in [0.05, 0.1) is 17.9 Å². The molecule has 2 aromatic heterocycles. The molecule has 2 aliphatic rings. The molecule has 0 saturated carbocycles. The number of thiazole rings is 1. The van der Waals surface area contributed by atoms with Crippen LogP contribution in [0.2, 0.25) is 0 Å². The molecule has 1 unspecified atom stereocenters. The number of pyridine rings is 1. The maximum absolute atomic E-state index is 13.4. The largest absolute Gasteiger partial charge is 0.481 e. The maximum atomic E-state index is 13.4. The lowest BCUT2D eigenvalue weighted by Gasteiger charge is -2.27. The number of sulfonamides is 1. The van der Waals surface area contributed by atoms with E-state index in [9.17, 15) is 13.2 Å². The van der Waals surface area contributed by atoms with Gasteiger partial charge in [-0.2, -0.15) is 0 Å². The molecule has 9 nitrogen and oxygen atoms in total. The fourth-order valence-electron chi connectivity index (χ4n) is 4.39. The van der Waals surface area contributed by atoms with Crippen LogP contribution in [0.25, 0.3) is 10.3 Å². The molecule has 1 aromatic carbocycles. The van der Waals surface area contributed by atoms with Crippen molar-refractivity contribution in [2.45, 2.75) is 36.5 Å². The third-order valence-corrected chi connectivity index (χ3v) is 8.93. The van der Waals surface area contributed by atoms with Crippen molar-refractivity contribution in [3.05, 3.63) is 53.6 Å². The van der Waals surface area contributed by atoms with Gasteiger partial charge in [-0.15, -0.1) is 0 Å². The van der Waals surface area contributed by atoms with E-state index in [1.54, 1.807) is 37.4 Å². The Kier molecular flexibility index (Phi) is 7.33. The Labute approximate surface area is 214 Å². The van der Waals surface area contributed by atoms with Crippen molar-refractivity contribution in [2.24, 2.45) is 5.92 Å². The third-order valence-electron chi connectivity index (χ3n) is 6.61. The summed E-state index contributed by atoms with van der Waals surface area (Å²) in [6, 6.07) is 10.2. The summed E-state index contributed by atoms with van der Waals surface area (Å²) in [5.41, 5.74) is 2.70. The van der Waals surface area contributed by atoms with Crippen LogP contribution >= 0.6 is 11.3 Å². The van der Waals surface area contributed by atoms with Gasteiger partial charge >= 0.3 is 0 Å². The number of methoxy groups -OCH3 is 1. The number of nitrogens with zero attached hydrogens (tertiary/aromatic N) is 2. The fourth-order valence-corrected chi connectivity index (χ4v) is 6.34. The molecule has 5 rings (SSSR count). The first-order chi connectivity index (χ1) is 17.4. The number of amides is 1. The van der Waals surface area contributed by atoms with E-state index in [-0.39, 0.29) is 10.8 Å². The highest BCUT2D eigenvalue weighted by Crippen LogP contribution is 2.33. The van der Waals surface area contributed by atoms with Crippen molar-refractivity contribution in [3.63, 3.8) is 0 Å². The average molecular weight is 528 g/mol. The van der Waals surface area contributed by atoms with Crippen LogP contribution in [0, 0.1) is 5.92 Å². The average Bonchev–Trinajstić information content (AvgIpc) is 3.50. The van der Waals surface area contributed by atoms with Crippen LogP contribution in [0.3, 0.4) is 0 Å². The molecule has 0 bridgehead atoms. The van der Waals surface area contributed by atoms with Gasteiger partial charge in [0.1, 0.15) is 10.3 Å². The van der Waals surface area contributed by atoms with Gasteiger partial charge in [-0.25, -0.2) is 23.1 Å². The molecule has 1 saturated heterocycles. The zero-order valence-corrected chi connectivity index (χ0v) is 21.6. The number of carbonyl (C=O) groups excluding carboxylic acids is 1. The van der Waals surface area contributed by atoms with Gasteiger partial charge in [0.2, 0.25) is 21.8 Å². The number of rotatable bonds is 10. The van der Waals surface area contributed by atoms with Gasteiger partial charge in [-0.05, 0) is 55.4 Å². The standard InChI is InChI=1S/C25H29N5O4S2/c1-34-22-11-10-21-24(29-22)35-25(28-21)30-23(31)20(12-16-4-2-3-5-16)18-6-8-19(9-7-18)36(32,33)27-15-17-13-26-14-17/h4,6-11,17,20,26-27H,2-3,5,12-15H2,1H3,(H,28,30,31). The lowest BCUT2D eigenvalue weighted by molar-refractivity contribution is -0.117. The molecular weight excluding hydrogens is 498 g/mol. The van der Waals surface area contributed by atoms with Crippen LogP contribution in [0.5, 0.6) is 5.88 Å². The van der Waals surface area contributed by atoms with E-state index in [0.717, 1.165) is 37.9 Å². The molecular formula is C25H29N5O4S2. The quantitative estimate of drug-likeness (QED) is 0.345. The summed E-state index contributed by atoms with van der Waals surface area (Å²) >= 11 is 1.29. The number of carbonyl (C=O) groups is 1. The first kappa shape index (κ1) is 24.8. The van der Waals surface area contributed by atoms with E-state index in [1.807, 2.05) is 6.07 Å².